The van der Waals surface area contributed by atoms with E-state index in [4.69, 9.17) is 11.6 Å². The van der Waals surface area contributed by atoms with Crippen LogP contribution in [0, 0.1) is 5.92 Å². The van der Waals surface area contributed by atoms with Crippen LogP contribution < -0.4 is 0 Å². The van der Waals surface area contributed by atoms with Gasteiger partial charge in [0.25, 0.3) is 0 Å². The highest BCUT2D eigenvalue weighted by atomic mass is 35.5. The van der Waals surface area contributed by atoms with E-state index in [1.165, 1.54) is 0 Å². The Balaban J connectivity index is 2.16. The number of halogens is 1. The third kappa shape index (κ3) is 2.35. The van der Waals surface area contributed by atoms with Crippen LogP contribution in [0.2, 0.25) is 5.02 Å². The van der Waals surface area contributed by atoms with Gasteiger partial charge in [-0.25, -0.2) is 0 Å². The first-order valence-corrected chi connectivity index (χ1v) is 5.99. The van der Waals surface area contributed by atoms with E-state index < -0.39 is 5.60 Å². The Morgan fingerprint density at radius 2 is 2.07 bits per heavy atom. The number of rotatable bonds is 4. The summed E-state index contributed by atoms with van der Waals surface area (Å²) in [4.78, 5) is 0. The van der Waals surface area contributed by atoms with Crippen LogP contribution >= 0.6 is 11.6 Å². The third-order valence-electron chi connectivity index (χ3n) is 3.40. The fourth-order valence-corrected chi connectivity index (χ4v) is 2.35. The maximum atomic E-state index is 10.5. The van der Waals surface area contributed by atoms with Crippen molar-refractivity contribution < 1.29 is 5.11 Å². The van der Waals surface area contributed by atoms with E-state index in [2.05, 4.69) is 6.92 Å². The quantitative estimate of drug-likeness (QED) is 0.831. The first-order valence-electron chi connectivity index (χ1n) is 5.61. The number of hydrogen-bond donors (Lipinski definition) is 1. The van der Waals surface area contributed by atoms with Gasteiger partial charge >= 0.3 is 0 Å². The zero-order valence-electron chi connectivity index (χ0n) is 9.04. The number of aliphatic hydroxyl groups is 1. The minimum atomic E-state index is -0.537. The first-order chi connectivity index (χ1) is 7.15. The average Bonchev–Trinajstić information content (AvgIpc) is 3.05. The van der Waals surface area contributed by atoms with Crippen LogP contribution in [0.15, 0.2) is 24.3 Å². The summed E-state index contributed by atoms with van der Waals surface area (Å²) in [6, 6.07) is 7.79. The van der Waals surface area contributed by atoms with Crippen LogP contribution in [-0.4, -0.2) is 10.7 Å². The molecule has 1 unspecified atom stereocenters. The topological polar surface area (TPSA) is 20.2 Å². The molecular weight excluding hydrogens is 208 g/mol. The number of hydrogen-bond acceptors (Lipinski definition) is 1. The van der Waals surface area contributed by atoms with Crippen molar-refractivity contribution in [2.24, 2.45) is 5.92 Å². The van der Waals surface area contributed by atoms with Crippen LogP contribution in [-0.2, 0) is 6.42 Å². The summed E-state index contributed by atoms with van der Waals surface area (Å²) < 4.78 is 0. The van der Waals surface area contributed by atoms with Gasteiger partial charge in [-0.1, -0.05) is 36.7 Å². The summed E-state index contributed by atoms with van der Waals surface area (Å²) in [5.74, 6) is 0.485. The molecule has 0 amide bonds. The second-order valence-electron chi connectivity index (χ2n) is 4.50. The van der Waals surface area contributed by atoms with Crippen molar-refractivity contribution in [3.63, 3.8) is 0 Å². The summed E-state index contributed by atoms with van der Waals surface area (Å²) in [7, 11) is 0. The monoisotopic (exact) mass is 224 g/mol. The van der Waals surface area contributed by atoms with Crippen molar-refractivity contribution in [1.82, 2.24) is 0 Å². The average molecular weight is 225 g/mol. The molecule has 1 N–H and O–H groups in total. The molecule has 1 aromatic rings. The SMILES string of the molecule is CCC(O)(Cc1ccccc1Cl)C1CC1. The van der Waals surface area contributed by atoms with Crippen molar-refractivity contribution in [3.8, 4) is 0 Å². The molecule has 2 heteroatoms. The van der Waals surface area contributed by atoms with E-state index in [9.17, 15) is 5.11 Å². The van der Waals surface area contributed by atoms with Crippen molar-refractivity contribution in [3.05, 3.63) is 34.9 Å². The zero-order valence-corrected chi connectivity index (χ0v) is 9.80. The molecule has 0 saturated heterocycles. The molecule has 1 aliphatic carbocycles. The highest BCUT2D eigenvalue weighted by molar-refractivity contribution is 6.31. The van der Waals surface area contributed by atoms with E-state index in [-0.39, 0.29) is 0 Å². The Morgan fingerprint density at radius 1 is 1.40 bits per heavy atom. The molecule has 0 aromatic heterocycles. The van der Waals surface area contributed by atoms with E-state index >= 15 is 0 Å². The van der Waals surface area contributed by atoms with Gasteiger partial charge in [-0.05, 0) is 36.8 Å². The summed E-state index contributed by atoms with van der Waals surface area (Å²) in [5, 5.41) is 11.2. The van der Waals surface area contributed by atoms with Gasteiger partial charge in [0.2, 0.25) is 0 Å². The Labute approximate surface area is 96.1 Å². The van der Waals surface area contributed by atoms with Gasteiger partial charge in [0.1, 0.15) is 0 Å². The second-order valence-corrected chi connectivity index (χ2v) is 4.91. The Morgan fingerprint density at radius 3 is 2.60 bits per heavy atom. The molecule has 0 radical (unpaired) electrons. The standard InChI is InChI=1S/C13H17ClO/c1-2-13(15,11-7-8-11)9-10-5-3-4-6-12(10)14/h3-6,11,15H,2,7-9H2,1H3. The maximum absolute atomic E-state index is 10.5. The molecule has 15 heavy (non-hydrogen) atoms. The minimum Gasteiger partial charge on any atom is -0.389 e. The fraction of sp³-hybridized carbons (Fsp3) is 0.538. The predicted octanol–water partition coefficient (Wildman–Crippen LogP) is 3.43. The molecule has 1 atom stereocenters. The molecule has 82 valence electrons. The molecule has 2 rings (SSSR count). The van der Waals surface area contributed by atoms with Gasteiger partial charge in [0.05, 0.1) is 5.60 Å². The maximum Gasteiger partial charge on any atom is 0.0713 e. The highest BCUT2D eigenvalue weighted by Crippen LogP contribution is 2.43. The van der Waals surface area contributed by atoms with Crippen LogP contribution in [0.5, 0.6) is 0 Å². The van der Waals surface area contributed by atoms with E-state index in [0.29, 0.717) is 12.3 Å². The van der Waals surface area contributed by atoms with Gasteiger partial charge in [-0.3, -0.25) is 0 Å². The summed E-state index contributed by atoms with van der Waals surface area (Å²) in [6.45, 7) is 2.05. The first kappa shape index (κ1) is 11.0. The van der Waals surface area contributed by atoms with Crippen LogP contribution in [0.1, 0.15) is 31.7 Å². The molecule has 0 spiro atoms. The lowest BCUT2D eigenvalue weighted by Gasteiger charge is -2.27. The highest BCUT2D eigenvalue weighted by Gasteiger charge is 2.42. The van der Waals surface area contributed by atoms with Gasteiger partial charge in [0, 0.05) is 11.4 Å². The molecular formula is C13H17ClO. The van der Waals surface area contributed by atoms with Crippen molar-refractivity contribution in [2.75, 3.05) is 0 Å². The van der Waals surface area contributed by atoms with Gasteiger partial charge < -0.3 is 5.11 Å². The molecule has 1 fully saturated rings. The predicted molar refractivity (Wildman–Crippen MR) is 63.1 cm³/mol. The van der Waals surface area contributed by atoms with Gasteiger partial charge in [0.15, 0.2) is 0 Å². The molecule has 1 aliphatic rings. The molecule has 1 aromatic carbocycles. The normalized spacial score (nSPS) is 19.9. The van der Waals surface area contributed by atoms with Gasteiger partial charge in [-0.2, -0.15) is 0 Å². The molecule has 0 heterocycles. The molecule has 0 aliphatic heterocycles. The van der Waals surface area contributed by atoms with Crippen molar-refractivity contribution in [2.45, 2.75) is 38.2 Å². The lowest BCUT2D eigenvalue weighted by Crippen LogP contribution is -2.33. The Hall–Kier alpha value is -0.530. The van der Waals surface area contributed by atoms with E-state index in [1.54, 1.807) is 0 Å². The van der Waals surface area contributed by atoms with Crippen LogP contribution in [0.25, 0.3) is 0 Å². The largest absolute Gasteiger partial charge is 0.389 e. The minimum absolute atomic E-state index is 0.485. The summed E-state index contributed by atoms with van der Waals surface area (Å²) >= 11 is 6.10. The van der Waals surface area contributed by atoms with Crippen molar-refractivity contribution in [1.29, 1.82) is 0 Å². The van der Waals surface area contributed by atoms with Crippen LogP contribution in [0.3, 0.4) is 0 Å². The molecule has 1 saturated carbocycles. The summed E-state index contributed by atoms with van der Waals surface area (Å²) in [6.07, 6.45) is 3.82. The van der Waals surface area contributed by atoms with E-state index in [0.717, 1.165) is 29.8 Å². The van der Waals surface area contributed by atoms with Crippen molar-refractivity contribution >= 4 is 11.6 Å². The van der Waals surface area contributed by atoms with Gasteiger partial charge in [-0.15, -0.1) is 0 Å². The second kappa shape index (κ2) is 4.15. The molecule has 0 bridgehead atoms. The lowest BCUT2D eigenvalue weighted by atomic mass is 9.87. The third-order valence-corrected chi connectivity index (χ3v) is 3.77. The fourth-order valence-electron chi connectivity index (χ4n) is 2.15. The molecule has 1 nitrogen and oxygen atoms in total. The number of benzene rings is 1. The smallest absolute Gasteiger partial charge is 0.0713 e. The Kier molecular flexibility index (Phi) is 3.03. The van der Waals surface area contributed by atoms with Crippen LogP contribution in [0.4, 0.5) is 0 Å². The summed E-state index contributed by atoms with van der Waals surface area (Å²) in [5.41, 5.74) is 0.528. The Bertz CT molecular complexity index is 346. The van der Waals surface area contributed by atoms with E-state index in [1.807, 2.05) is 24.3 Å². The lowest BCUT2D eigenvalue weighted by molar-refractivity contribution is 0.0139. The zero-order chi connectivity index (χ0) is 10.9.